The number of rotatable bonds is 1. The monoisotopic (exact) mass is 220 g/mol. The van der Waals surface area contributed by atoms with E-state index in [0.29, 0.717) is 0 Å². The summed E-state index contributed by atoms with van der Waals surface area (Å²) in [6.07, 6.45) is 0. The normalized spacial score (nSPS) is 10.6. The van der Waals surface area contributed by atoms with E-state index in [1.54, 1.807) is 0 Å². The maximum atomic E-state index is 4.62. The van der Waals surface area contributed by atoms with Gasteiger partial charge in [-0.2, -0.15) is 0 Å². The Hall–Kier alpha value is -2.22. The molecular weight excluding hydrogens is 208 g/mol. The van der Waals surface area contributed by atoms with Crippen molar-refractivity contribution in [1.29, 1.82) is 0 Å². The van der Waals surface area contributed by atoms with Crippen LogP contribution in [0, 0.1) is 6.92 Å². The van der Waals surface area contributed by atoms with Crippen molar-refractivity contribution >= 4 is 10.9 Å². The standard InChI is InChI=1S/C15H12N2/c1-11-5-4-8-14(16-11)15-10-9-12-6-2-3-7-13(12)17-15/h2-10H,1H3. The molecule has 0 saturated carbocycles. The van der Waals surface area contributed by atoms with Crippen LogP contribution in [-0.2, 0) is 0 Å². The molecule has 0 unspecified atom stereocenters. The second-order valence-electron chi connectivity index (χ2n) is 4.05. The van der Waals surface area contributed by atoms with Crippen LogP contribution >= 0.6 is 0 Å². The smallest absolute Gasteiger partial charge is 0.0894 e. The molecule has 0 amide bonds. The van der Waals surface area contributed by atoms with Crippen LogP contribution in [0.5, 0.6) is 0 Å². The average Bonchev–Trinajstić information content (AvgIpc) is 2.38. The number of aromatic nitrogens is 2. The van der Waals surface area contributed by atoms with E-state index in [1.165, 1.54) is 0 Å². The summed E-state index contributed by atoms with van der Waals surface area (Å²) in [6, 6.07) is 18.2. The minimum Gasteiger partial charge on any atom is -0.251 e. The van der Waals surface area contributed by atoms with E-state index in [9.17, 15) is 0 Å². The first kappa shape index (κ1) is 9.97. The van der Waals surface area contributed by atoms with Crippen molar-refractivity contribution in [2.45, 2.75) is 6.92 Å². The lowest BCUT2D eigenvalue weighted by Gasteiger charge is -2.03. The van der Waals surface area contributed by atoms with Gasteiger partial charge in [0.2, 0.25) is 0 Å². The highest BCUT2D eigenvalue weighted by molar-refractivity contribution is 5.80. The summed E-state index contributed by atoms with van der Waals surface area (Å²) < 4.78 is 0. The Morgan fingerprint density at radius 3 is 2.41 bits per heavy atom. The van der Waals surface area contributed by atoms with Crippen LogP contribution < -0.4 is 0 Å². The van der Waals surface area contributed by atoms with Crippen LogP contribution in [0.25, 0.3) is 22.3 Å². The van der Waals surface area contributed by atoms with E-state index in [0.717, 1.165) is 28.0 Å². The first-order valence-electron chi connectivity index (χ1n) is 5.63. The molecule has 0 aliphatic heterocycles. The predicted octanol–water partition coefficient (Wildman–Crippen LogP) is 3.61. The molecule has 2 heterocycles. The Labute approximate surface area is 100.0 Å². The van der Waals surface area contributed by atoms with Crippen molar-refractivity contribution in [1.82, 2.24) is 9.97 Å². The molecule has 3 aromatic rings. The van der Waals surface area contributed by atoms with Gasteiger partial charge in [0, 0.05) is 11.1 Å². The zero-order valence-electron chi connectivity index (χ0n) is 9.59. The lowest BCUT2D eigenvalue weighted by atomic mass is 10.1. The summed E-state index contributed by atoms with van der Waals surface area (Å²) >= 11 is 0. The van der Waals surface area contributed by atoms with E-state index in [-0.39, 0.29) is 0 Å². The third kappa shape index (κ3) is 1.89. The maximum absolute atomic E-state index is 4.62. The molecule has 0 spiro atoms. The summed E-state index contributed by atoms with van der Waals surface area (Å²) in [6.45, 7) is 1.99. The van der Waals surface area contributed by atoms with Gasteiger partial charge in [0.1, 0.15) is 0 Å². The Kier molecular flexibility index (Phi) is 2.33. The highest BCUT2D eigenvalue weighted by atomic mass is 14.8. The van der Waals surface area contributed by atoms with Gasteiger partial charge in [-0.1, -0.05) is 30.3 Å². The molecule has 0 N–H and O–H groups in total. The van der Waals surface area contributed by atoms with E-state index in [1.807, 2.05) is 49.4 Å². The number of hydrogen-bond acceptors (Lipinski definition) is 2. The predicted molar refractivity (Wildman–Crippen MR) is 69.7 cm³/mol. The number of benzene rings is 1. The van der Waals surface area contributed by atoms with E-state index in [4.69, 9.17) is 0 Å². The summed E-state index contributed by atoms with van der Waals surface area (Å²) in [5.41, 5.74) is 3.87. The Balaban J connectivity index is 2.18. The molecule has 2 heteroatoms. The van der Waals surface area contributed by atoms with Crippen LogP contribution in [0.3, 0.4) is 0 Å². The molecule has 0 aliphatic rings. The maximum Gasteiger partial charge on any atom is 0.0894 e. The van der Waals surface area contributed by atoms with Crippen molar-refractivity contribution in [3.05, 3.63) is 60.3 Å². The van der Waals surface area contributed by atoms with Crippen LogP contribution in [0.4, 0.5) is 0 Å². The first-order valence-corrected chi connectivity index (χ1v) is 5.63. The summed E-state index contributed by atoms with van der Waals surface area (Å²) in [7, 11) is 0. The number of para-hydroxylation sites is 1. The Bertz CT molecular complexity index is 674. The van der Waals surface area contributed by atoms with Gasteiger partial charge in [0.15, 0.2) is 0 Å². The second-order valence-corrected chi connectivity index (χ2v) is 4.05. The lowest BCUT2D eigenvalue weighted by molar-refractivity contribution is 1.19. The second kappa shape index (κ2) is 3.98. The van der Waals surface area contributed by atoms with Crippen LogP contribution in [0.1, 0.15) is 5.69 Å². The SMILES string of the molecule is Cc1cccc(-c2ccc3ccccc3n2)n1. The first-order chi connectivity index (χ1) is 8.33. The van der Waals surface area contributed by atoms with Gasteiger partial charge in [-0.05, 0) is 31.2 Å². The highest BCUT2D eigenvalue weighted by Gasteiger charge is 2.02. The molecule has 2 aromatic heterocycles. The molecule has 0 atom stereocenters. The number of hydrogen-bond donors (Lipinski definition) is 0. The Morgan fingerprint density at radius 2 is 1.53 bits per heavy atom. The van der Waals surface area contributed by atoms with Crippen molar-refractivity contribution in [2.24, 2.45) is 0 Å². The molecular formula is C15H12N2. The van der Waals surface area contributed by atoms with Crippen LogP contribution in [-0.4, -0.2) is 9.97 Å². The summed E-state index contributed by atoms with van der Waals surface area (Å²) in [5.74, 6) is 0. The number of nitrogens with zero attached hydrogens (tertiary/aromatic N) is 2. The zero-order valence-corrected chi connectivity index (χ0v) is 9.59. The number of fused-ring (bicyclic) bond motifs is 1. The summed E-state index contributed by atoms with van der Waals surface area (Å²) in [5, 5.41) is 1.16. The molecule has 0 radical (unpaired) electrons. The van der Waals surface area contributed by atoms with Gasteiger partial charge in [0.25, 0.3) is 0 Å². The minimum absolute atomic E-state index is 0.924. The van der Waals surface area contributed by atoms with E-state index >= 15 is 0 Å². The van der Waals surface area contributed by atoms with Gasteiger partial charge >= 0.3 is 0 Å². The molecule has 17 heavy (non-hydrogen) atoms. The molecule has 0 aliphatic carbocycles. The van der Waals surface area contributed by atoms with Crippen molar-refractivity contribution in [2.75, 3.05) is 0 Å². The van der Waals surface area contributed by atoms with Gasteiger partial charge in [-0.3, -0.25) is 4.98 Å². The quantitative estimate of drug-likeness (QED) is 0.626. The number of pyridine rings is 2. The number of aryl methyl sites for hydroxylation is 1. The van der Waals surface area contributed by atoms with Gasteiger partial charge in [-0.15, -0.1) is 0 Å². The molecule has 0 fully saturated rings. The van der Waals surface area contributed by atoms with E-state index < -0.39 is 0 Å². The van der Waals surface area contributed by atoms with Crippen LogP contribution in [0.2, 0.25) is 0 Å². The molecule has 2 nitrogen and oxygen atoms in total. The fourth-order valence-corrected chi connectivity index (χ4v) is 1.89. The Morgan fingerprint density at radius 1 is 0.706 bits per heavy atom. The fraction of sp³-hybridized carbons (Fsp3) is 0.0667. The van der Waals surface area contributed by atoms with Gasteiger partial charge in [-0.25, -0.2) is 4.98 Å². The highest BCUT2D eigenvalue weighted by Crippen LogP contribution is 2.19. The lowest BCUT2D eigenvalue weighted by Crippen LogP contribution is -1.89. The summed E-state index contributed by atoms with van der Waals surface area (Å²) in [4.78, 5) is 9.11. The zero-order chi connectivity index (χ0) is 11.7. The van der Waals surface area contributed by atoms with Gasteiger partial charge in [0.05, 0.1) is 16.9 Å². The fourth-order valence-electron chi connectivity index (χ4n) is 1.89. The van der Waals surface area contributed by atoms with Crippen molar-refractivity contribution < 1.29 is 0 Å². The average molecular weight is 220 g/mol. The third-order valence-corrected chi connectivity index (χ3v) is 2.75. The van der Waals surface area contributed by atoms with Crippen molar-refractivity contribution in [3.63, 3.8) is 0 Å². The van der Waals surface area contributed by atoms with Crippen molar-refractivity contribution in [3.8, 4) is 11.4 Å². The molecule has 1 aromatic carbocycles. The largest absolute Gasteiger partial charge is 0.251 e. The topological polar surface area (TPSA) is 25.8 Å². The third-order valence-electron chi connectivity index (χ3n) is 2.75. The molecule has 82 valence electrons. The van der Waals surface area contributed by atoms with Crippen LogP contribution in [0.15, 0.2) is 54.6 Å². The van der Waals surface area contributed by atoms with E-state index in [2.05, 4.69) is 22.1 Å². The molecule has 0 saturated heterocycles. The minimum atomic E-state index is 0.924. The van der Waals surface area contributed by atoms with Gasteiger partial charge < -0.3 is 0 Å². The molecule has 3 rings (SSSR count). The molecule has 0 bridgehead atoms.